The van der Waals surface area contributed by atoms with Crippen LogP contribution in [0.15, 0.2) is 50.5 Å². The summed E-state index contributed by atoms with van der Waals surface area (Å²) in [5.74, 6) is 1.50. The van der Waals surface area contributed by atoms with Crippen LogP contribution >= 0.6 is 23.1 Å². The molecular formula is C23H24N6O5S2. The lowest BCUT2D eigenvalue weighted by Crippen LogP contribution is -2.42. The summed E-state index contributed by atoms with van der Waals surface area (Å²) in [5, 5.41) is 11.0. The molecular weight excluding hydrogens is 504 g/mol. The number of aryl methyl sites for hydroxylation is 1. The normalized spacial score (nSPS) is 11.0. The van der Waals surface area contributed by atoms with Crippen molar-refractivity contribution in [3.05, 3.63) is 62.9 Å². The van der Waals surface area contributed by atoms with Gasteiger partial charge in [0.05, 0.1) is 19.7 Å². The number of carbonyl (C=O) groups is 1. The van der Waals surface area contributed by atoms with Gasteiger partial charge in [0.2, 0.25) is 11.0 Å². The molecule has 0 unspecified atom stereocenters. The zero-order valence-corrected chi connectivity index (χ0v) is 21.5. The highest BCUT2D eigenvalue weighted by Gasteiger charge is 2.17. The summed E-state index contributed by atoms with van der Waals surface area (Å²) in [6.07, 6.45) is 1.86. The summed E-state index contributed by atoms with van der Waals surface area (Å²) < 4.78 is 13.7. The maximum absolute atomic E-state index is 13.4. The van der Waals surface area contributed by atoms with Crippen LogP contribution in [0.5, 0.6) is 11.5 Å². The van der Waals surface area contributed by atoms with Crippen LogP contribution in [0, 0.1) is 0 Å². The number of nitrogens with zero attached hydrogens (tertiary/aromatic N) is 5. The lowest BCUT2D eigenvalue weighted by molar-refractivity contribution is -0.116. The van der Waals surface area contributed by atoms with Gasteiger partial charge >= 0.3 is 5.69 Å². The van der Waals surface area contributed by atoms with Gasteiger partial charge in [-0.05, 0) is 42.0 Å². The van der Waals surface area contributed by atoms with Gasteiger partial charge < -0.3 is 9.47 Å². The Bertz CT molecular complexity index is 1510. The van der Waals surface area contributed by atoms with Crippen molar-refractivity contribution in [2.24, 2.45) is 0 Å². The molecule has 4 aromatic rings. The van der Waals surface area contributed by atoms with Gasteiger partial charge in [-0.25, -0.2) is 9.78 Å². The maximum Gasteiger partial charge on any atom is 0.332 e. The van der Waals surface area contributed by atoms with Gasteiger partial charge in [-0.3, -0.25) is 24.0 Å². The van der Waals surface area contributed by atoms with Gasteiger partial charge in [0, 0.05) is 12.7 Å². The van der Waals surface area contributed by atoms with Crippen molar-refractivity contribution in [1.29, 1.82) is 0 Å². The number of aromatic nitrogens is 5. The number of amides is 1. The van der Waals surface area contributed by atoms with Crippen molar-refractivity contribution in [1.82, 2.24) is 24.3 Å². The van der Waals surface area contributed by atoms with Crippen LogP contribution in [0.1, 0.15) is 12.5 Å². The minimum absolute atomic E-state index is 0.0925. The monoisotopic (exact) mass is 528 g/mol. The molecule has 0 spiro atoms. The summed E-state index contributed by atoms with van der Waals surface area (Å²) >= 11 is 2.78. The fraction of sp³-hybridized carbons (Fsp3) is 0.304. The summed E-state index contributed by atoms with van der Waals surface area (Å²) in [7, 11) is 3.09. The Morgan fingerprint density at radius 3 is 2.67 bits per heavy atom. The number of pyridine rings is 1. The zero-order valence-electron chi connectivity index (χ0n) is 19.9. The minimum atomic E-state index is -0.601. The molecule has 0 aliphatic carbocycles. The number of hydrogen-bond acceptors (Lipinski definition) is 10. The predicted molar refractivity (Wildman–Crippen MR) is 138 cm³/mol. The molecule has 36 heavy (non-hydrogen) atoms. The molecule has 0 atom stereocenters. The number of ether oxygens (including phenoxy) is 2. The first-order valence-corrected chi connectivity index (χ1v) is 12.8. The van der Waals surface area contributed by atoms with E-state index < -0.39 is 17.2 Å². The molecule has 0 aliphatic heterocycles. The Kier molecular flexibility index (Phi) is 8.00. The van der Waals surface area contributed by atoms with E-state index in [4.69, 9.17) is 9.47 Å². The molecule has 188 valence electrons. The molecule has 0 bridgehead atoms. The molecule has 1 N–H and O–H groups in total. The van der Waals surface area contributed by atoms with E-state index in [-0.39, 0.29) is 24.1 Å². The standard InChI is InChI=1S/C23H24N6O5S2/c1-4-35-22-27-26-21(36-22)25-18(30)13-29-15-6-5-10-24-19(15)20(31)28(23(29)32)11-9-14-7-8-16(33-2)17(12-14)34-3/h5-8,10,12H,4,9,11,13H2,1-3H3,(H,25,26,30). The number of rotatable bonds is 10. The highest BCUT2D eigenvalue weighted by molar-refractivity contribution is 8.01. The average molecular weight is 529 g/mol. The maximum atomic E-state index is 13.4. The molecule has 1 aromatic carbocycles. The molecule has 13 heteroatoms. The Morgan fingerprint density at radius 2 is 1.92 bits per heavy atom. The summed E-state index contributed by atoms with van der Waals surface area (Å²) in [6, 6.07) is 8.60. The second-order valence-corrected chi connectivity index (χ2v) is 9.98. The predicted octanol–water partition coefficient (Wildman–Crippen LogP) is 2.42. The van der Waals surface area contributed by atoms with Crippen molar-refractivity contribution < 1.29 is 14.3 Å². The van der Waals surface area contributed by atoms with Crippen LogP contribution in [-0.2, 0) is 24.3 Å². The van der Waals surface area contributed by atoms with Crippen LogP contribution in [0.25, 0.3) is 11.0 Å². The third kappa shape index (κ3) is 5.41. The number of fused-ring (bicyclic) bond motifs is 1. The topological polar surface area (TPSA) is 130 Å². The van der Waals surface area contributed by atoms with E-state index in [0.29, 0.717) is 23.1 Å². The van der Waals surface area contributed by atoms with Crippen LogP contribution in [0.4, 0.5) is 5.13 Å². The molecule has 4 rings (SSSR count). The quantitative estimate of drug-likeness (QED) is 0.244. The van der Waals surface area contributed by atoms with Crippen molar-refractivity contribution >= 4 is 45.2 Å². The van der Waals surface area contributed by atoms with Gasteiger partial charge in [-0.2, -0.15) is 0 Å². The Morgan fingerprint density at radius 1 is 1.11 bits per heavy atom. The third-order valence-electron chi connectivity index (χ3n) is 5.28. The fourth-order valence-corrected chi connectivity index (χ4v) is 5.28. The molecule has 0 aliphatic rings. The molecule has 1 amide bonds. The average Bonchev–Trinajstić information content (AvgIpc) is 3.33. The molecule has 0 radical (unpaired) electrons. The van der Waals surface area contributed by atoms with Gasteiger partial charge in [0.25, 0.3) is 5.56 Å². The number of thioether (sulfide) groups is 1. The highest BCUT2D eigenvalue weighted by atomic mass is 32.2. The second-order valence-electron chi connectivity index (χ2n) is 7.49. The molecule has 3 aromatic heterocycles. The van der Waals surface area contributed by atoms with E-state index in [0.717, 1.165) is 20.2 Å². The number of anilines is 1. The summed E-state index contributed by atoms with van der Waals surface area (Å²) in [6.45, 7) is 1.78. The van der Waals surface area contributed by atoms with Crippen LogP contribution in [-0.4, -0.2) is 50.2 Å². The Labute approximate surface area is 214 Å². The number of methoxy groups -OCH3 is 2. The first-order valence-electron chi connectivity index (χ1n) is 11.0. The van der Waals surface area contributed by atoms with Crippen LogP contribution < -0.4 is 26.0 Å². The van der Waals surface area contributed by atoms with Gasteiger partial charge in [-0.1, -0.05) is 36.1 Å². The van der Waals surface area contributed by atoms with E-state index in [2.05, 4.69) is 20.5 Å². The van der Waals surface area contributed by atoms with Gasteiger partial charge in [0.1, 0.15) is 6.54 Å². The van der Waals surface area contributed by atoms with E-state index in [9.17, 15) is 14.4 Å². The van der Waals surface area contributed by atoms with E-state index >= 15 is 0 Å². The Balaban J connectivity index is 1.63. The zero-order chi connectivity index (χ0) is 25.7. The van der Waals surface area contributed by atoms with Crippen LogP contribution in [0.2, 0.25) is 0 Å². The number of benzene rings is 1. The lowest BCUT2D eigenvalue weighted by Gasteiger charge is -2.14. The van der Waals surface area contributed by atoms with Crippen molar-refractivity contribution in [3.63, 3.8) is 0 Å². The first-order chi connectivity index (χ1) is 17.4. The number of nitrogens with one attached hydrogen (secondary N) is 1. The highest BCUT2D eigenvalue weighted by Crippen LogP contribution is 2.28. The van der Waals surface area contributed by atoms with Crippen LogP contribution in [0.3, 0.4) is 0 Å². The van der Waals surface area contributed by atoms with Gasteiger partial charge in [-0.15, -0.1) is 10.2 Å². The van der Waals surface area contributed by atoms with Crippen molar-refractivity contribution in [3.8, 4) is 11.5 Å². The Hall–Kier alpha value is -3.71. The molecule has 0 fully saturated rings. The lowest BCUT2D eigenvalue weighted by atomic mass is 10.1. The number of hydrogen-bond donors (Lipinski definition) is 1. The number of carbonyl (C=O) groups excluding carboxylic acids is 1. The fourth-order valence-electron chi connectivity index (χ4n) is 3.61. The summed E-state index contributed by atoms with van der Waals surface area (Å²) in [5.41, 5.74) is 0.120. The van der Waals surface area contributed by atoms with E-state index in [1.54, 1.807) is 31.4 Å². The molecule has 3 heterocycles. The first kappa shape index (κ1) is 25.4. The molecule has 0 saturated heterocycles. The molecule has 11 nitrogen and oxygen atoms in total. The minimum Gasteiger partial charge on any atom is -0.493 e. The van der Waals surface area contributed by atoms with Crippen molar-refractivity contribution in [2.75, 3.05) is 25.3 Å². The SMILES string of the molecule is CCSc1nnc(NC(=O)Cn2c(=O)n(CCc3ccc(OC)c(OC)c3)c(=O)c3ncccc32)s1. The largest absolute Gasteiger partial charge is 0.493 e. The second kappa shape index (κ2) is 11.4. The van der Waals surface area contributed by atoms with E-state index in [1.165, 1.54) is 41.0 Å². The van der Waals surface area contributed by atoms with Crippen molar-refractivity contribution in [2.45, 2.75) is 30.8 Å². The van der Waals surface area contributed by atoms with E-state index in [1.807, 2.05) is 13.0 Å². The summed E-state index contributed by atoms with van der Waals surface area (Å²) in [4.78, 5) is 43.4. The third-order valence-corrected chi connectivity index (χ3v) is 7.14. The smallest absolute Gasteiger partial charge is 0.332 e. The van der Waals surface area contributed by atoms with Gasteiger partial charge in [0.15, 0.2) is 21.4 Å². The molecule has 0 saturated carbocycles.